The predicted molar refractivity (Wildman–Crippen MR) is 70.0 cm³/mol. The second-order valence-corrected chi connectivity index (χ2v) is 4.00. The maximum Gasteiger partial charge on any atom is 0.371 e. The molecule has 0 atom stereocenters. The molecule has 2 rings (SSSR count). The number of aromatic carboxylic acids is 1. The molecule has 0 radical (unpaired) electrons. The topological polar surface area (TPSA) is 108 Å². The van der Waals surface area contributed by atoms with Gasteiger partial charge in [0.2, 0.25) is 5.76 Å². The van der Waals surface area contributed by atoms with Crippen LogP contribution in [0.5, 0.6) is 5.75 Å². The number of hydrogen-bond donors (Lipinski definition) is 1. The largest absolute Gasteiger partial charge is 0.486 e. The van der Waals surface area contributed by atoms with Gasteiger partial charge in [0.25, 0.3) is 0 Å². The lowest BCUT2D eigenvalue weighted by Gasteiger charge is -2.06. The molecule has 2 aromatic rings. The molecule has 0 bridgehead atoms. The van der Waals surface area contributed by atoms with Crippen molar-refractivity contribution in [2.75, 3.05) is 0 Å². The van der Waals surface area contributed by atoms with Gasteiger partial charge >= 0.3 is 5.97 Å². The maximum absolute atomic E-state index is 10.7. The van der Waals surface area contributed by atoms with Crippen molar-refractivity contribution in [3.63, 3.8) is 0 Å². The average molecular weight is 273 g/mol. The van der Waals surface area contributed by atoms with Crippen molar-refractivity contribution in [2.24, 2.45) is 5.11 Å². The monoisotopic (exact) mass is 273 g/mol. The van der Waals surface area contributed by atoms with E-state index in [-0.39, 0.29) is 12.4 Å². The van der Waals surface area contributed by atoms with Gasteiger partial charge in [0, 0.05) is 10.6 Å². The van der Waals surface area contributed by atoms with Crippen molar-refractivity contribution in [3.05, 3.63) is 57.9 Å². The molecule has 20 heavy (non-hydrogen) atoms. The number of carbonyl (C=O) groups is 1. The minimum Gasteiger partial charge on any atom is -0.486 e. The van der Waals surface area contributed by atoms with Crippen molar-refractivity contribution in [1.82, 2.24) is 0 Å². The Morgan fingerprint density at radius 3 is 2.85 bits per heavy atom. The van der Waals surface area contributed by atoms with E-state index < -0.39 is 5.97 Å². The fourth-order valence-corrected chi connectivity index (χ4v) is 1.60. The predicted octanol–water partition coefficient (Wildman–Crippen LogP) is 3.81. The summed E-state index contributed by atoms with van der Waals surface area (Å²) in [5, 5.41) is 12.3. The SMILES string of the molecule is Cc1cc(OCc2ccc(C(=O)O)o2)ccc1N=[N+]=[N-]. The lowest BCUT2D eigenvalue weighted by molar-refractivity contribution is 0.0658. The summed E-state index contributed by atoms with van der Waals surface area (Å²) in [6.07, 6.45) is 0. The average Bonchev–Trinajstić information content (AvgIpc) is 2.88. The quantitative estimate of drug-likeness (QED) is 0.507. The van der Waals surface area contributed by atoms with Crippen LogP contribution in [0.3, 0.4) is 0 Å². The minimum atomic E-state index is -1.12. The summed E-state index contributed by atoms with van der Waals surface area (Å²) in [5.41, 5.74) is 9.70. The van der Waals surface area contributed by atoms with E-state index in [2.05, 4.69) is 10.0 Å². The van der Waals surface area contributed by atoms with Crippen LogP contribution < -0.4 is 4.74 Å². The Hall–Kier alpha value is -2.92. The summed E-state index contributed by atoms with van der Waals surface area (Å²) in [4.78, 5) is 13.4. The Morgan fingerprint density at radius 2 is 2.25 bits per heavy atom. The lowest BCUT2D eigenvalue weighted by Crippen LogP contribution is -1.95. The van der Waals surface area contributed by atoms with Crippen LogP contribution in [-0.2, 0) is 6.61 Å². The Labute approximate surface area is 114 Å². The zero-order chi connectivity index (χ0) is 14.5. The van der Waals surface area contributed by atoms with Crippen LogP contribution in [0.2, 0.25) is 0 Å². The minimum absolute atomic E-state index is 0.119. The molecule has 7 heteroatoms. The van der Waals surface area contributed by atoms with Crippen LogP contribution in [0.4, 0.5) is 5.69 Å². The third-order valence-electron chi connectivity index (χ3n) is 2.57. The summed E-state index contributed by atoms with van der Waals surface area (Å²) in [6, 6.07) is 7.96. The first-order valence-electron chi connectivity index (χ1n) is 5.70. The van der Waals surface area contributed by atoms with E-state index in [1.165, 1.54) is 6.07 Å². The molecule has 1 aromatic heterocycles. The van der Waals surface area contributed by atoms with Crippen LogP contribution in [0, 0.1) is 6.92 Å². The molecule has 0 saturated heterocycles. The summed E-state index contributed by atoms with van der Waals surface area (Å²) < 4.78 is 10.5. The number of benzene rings is 1. The highest BCUT2D eigenvalue weighted by molar-refractivity contribution is 5.84. The zero-order valence-electron chi connectivity index (χ0n) is 10.6. The fourth-order valence-electron chi connectivity index (χ4n) is 1.60. The third-order valence-corrected chi connectivity index (χ3v) is 2.57. The smallest absolute Gasteiger partial charge is 0.371 e. The van der Waals surface area contributed by atoms with E-state index in [0.717, 1.165) is 5.56 Å². The maximum atomic E-state index is 10.7. The number of azide groups is 1. The first-order valence-corrected chi connectivity index (χ1v) is 5.70. The van der Waals surface area contributed by atoms with Gasteiger partial charge in [-0.05, 0) is 48.4 Å². The summed E-state index contributed by atoms with van der Waals surface area (Å²) in [6.45, 7) is 1.92. The molecular formula is C13H11N3O4. The third kappa shape index (κ3) is 3.09. The number of furan rings is 1. The van der Waals surface area contributed by atoms with E-state index >= 15 is 0 Å². The molecular weight excluding hydrogens is 262 g/mol. The number of aryl methyl sites for hydroxylation is 1. The molecule has 102 valence electrons. The van der Waals surface area contributed by atoms with Gasteiger partial charge in [0.15, 0.2) is 0 Å². The van der Waals surface area contributed by atoms with E-state index in [1.807, 2.05) is 0 Å². The molecule has 1 heterocycles. The van der Waals surface area contributed by atoms with Gasteiger partial charge < -0.3 is 14.3 Å². The molecule has 0 saturated carbocycles. The van der Waals surface area contributed by atoms with E-state index in [0.29, 0.717) is 17.2 Å². The molecule has 0 aliphatic carbocycles. The van der Waals surface area contributed by atoms with E-state index in [4.69, 9.17) is 19.8 Å². The van der Waals surface area contributed by atoms with Crippen molar-refractivity contribution < 1.29 is 19.1 Å². The normalized spacial score (nSPS) is 9.85. The van der Waals surface area contributed by atoms with Crippen LogP contribution >= 0.6 is 0 Å². The van der Waals surface area contributed by atoms with Gasteiger partial charge in [0.1, 0.15) is 18.1 Å². The molecule has 0 aliphatic heterocycles. The molecule has 0 fully saturated rings. The van der Waals surface area contributed by atoms with Gasteiger partial charge in [0.05, 0.1) is 0 Å². The summed E-state index contributed by atoms with van der Waals surface area (Å²) in [5.74, 6) is -0.254. The molecule has 0 aliphatic rings. The number of carboxylic acids is 1. The van der Waals surface area contributed by atoms with Gasteiger partial charge in [-0.1, -0.05) is 5.11 Å². The Kier molecular flexibility index (Phi) is 3.93. The van der Waals surface area contributed by atoms with Crippen LogP contribution in [0.25, 0.3) is 10.4 Å². The van der Waals surface area contributed by atoms with Gasteiger partial charge in [-0.15, -0.1) is 0 Å². The first-order chi connectivity index (χ1) is 9.60. The molecule has 1 aromatic carbocycles. The van der Waals surface area contributed by atoms with Crippen molar-refractivity contribution in [1.29, 1.82) is 0 Å². The highest BCUT2D eigenvalue weighted by atomic mass is 16.5. The standard InChI is InChI=1S/C13H11N3O4/c1-8-6-9(2-4-11(8)15-16-14)19-7-10-3-5-12(20-10)13(17)18/h2-6H,7H2,1H3,(H,17,18). The van der Waals surface area contributed by atoms with Gasteiger partial charge in [-0.3, -0.25) is 0 Å². The van der Waals surface area contributed by atoms with Crippen LogP contribution in [0.1, 0.15) is 21.9 Å². The van der Waals surface area contributed by atoms with E-state index in [9.17, 15) is 4.79 Å². The van der Waals surface area contributed by atoms with Crippen LogP contribution in [-0.4, -0.2) is 11.1 Å². The second kappa shape index (κ2) is 5.81. The highest BCUT2D eigenvalue weighted by Crippen LogP contribution is 2.24. The number of rotatable bonds is 5. The van der Waals surface area contributed by atoms with Crippen molar-refractivity contribution in [2.45, 2.75) is 13.5 Å². The number of hydrogen-bond acceptors (Lipinski definition) is 4. The zero-order valence-corrected chi connectivity index (χ0v) is 10.6. The lowest BCUT2D eigenvalue weighted by atomic mass is 10.2. The molecule has 7 nitrogen and oxygen atoms in total. The fraction of sp³-hybridized carbons (Fsp3) is 0.154. The molecule has 0 spiro atoms. The number of nitrogens with zero attached hydrogens (tertiary/aromatic N) is 3. The number of ether oxygens (including phenoxy) is 1. The summed E-state index contributed by atoms with van der Waals surface area (Å²) >= 11 is 0. The van der Waals surface area contributed by atoms with E-state index in [1.54, 1.807) is 31.2 Å². The van der Waals surface area contributed by atoms with Gasteiger partial charge in [-0.2, -0.15) is 0 Å². The second-order valence-electron chi connectivity index (χ2n) is 4.00. The van der Waals surface area contributed by atoms with Crippen molar-refractivity contribution >= 4 is 11.7 Å². The molecule has 0 amide bonds. The van der Waals surface area contributed by atoms with Gasteiger partial charge in [-0.25, -0.2) is 4.79 Å². The molecule has 1 N–H and O–H groups in total. The summed E-state index contributed by atoms with van der Waals surface area (Å²) in [7, 11) is 0. The Morgan fingerprint density at radius 1 is 1.45 bits per heavy atom. The van der Waals surface area contributed by atoms with Crippen molar-refractivity contribution in [3.8, 4) is 5.75 Å². The molecule has 0 unspecified atom stereocenters. The number of carboxylic acid groups (broad SMARTS) is 1. The Bertz CT molecular complexity index is 687. The van der Waals surface area contributed by atoms with Crippen LogP contribution in [0.15, 0.2) is 39.9 Å². The first kappa shape index (κ1) is 13.5. The Balaban J connectivity index is 2.05. The highest BCUT2D eigenvalue weighted by Gasteiger charge is 2.09.